The van der Waals surface area contributed by atoms with Gasteiger partial charge in [-0.05, 0) is 37.1 Å². The van der Waals surface area contributed by atoms with E-state index < -0.39 is 18.1 Å². The molecule has 1 aromatic carbocycles. The number of aliphatic carboxylic acids is 1. The molecular formula is C17H23N3O5. The number of likely N-dealkylation sites (tertiary alicyclic amines) is 1. The van der Waals surface area contributed by atoms with Crippen LogP contribution in [0.1, 0.15) is 24.8 Å². The van der Waals surface area contributed by atoms with E-state index in [1.54, 1.807) is 30.1 Å². The van der Waals surface area contributed by atoms with E-state index in [9.17, 15) is 14.4 Å². The van der Waals surface area contributed by atoms with Crippen LogP contribution >= 0.6 is 0 Å². The number of ether oxygens (including phenoxy) is 1. The van der Waals surface area contributed by atoms with Crippen molar-refractivity contribution < 1.29 is 24.2 Å². The van der Waals surface area contributed by atoms with Gasteiger partial charge < -0.3 is 25.4 Å². The monoisotopic (exact) mass is 349 g/mol. The average Bonchev–Trinajstić information content (AvgIpc) is 2.86. The van der Waals surface area contributed by atoms with Crippen molar-refractivity contribution >= 4 is 23.6 Å². The minimum Gasteiger partial charge on any atom is -0.481 e. The zero-order chi connectivity index (χ0) is 18.4. The van der Waals surface area contributed by atoms with Gasteiger partial charge in [-0.15, -0.1) is 0 Å². The number of nitrogens with zero attached hydrogens (tertiary/aromatic N) is 1. The van der Waals surface area contributed by atoms with Crippen molar-refractivity contribution in [2.24, 2.45) is 0 Å². The van der Waals surface area contributed by atoms with E-state index in [4.69, 9.17) is 9.84 Å². The molecule has 1 unspecified atom stereocenters. The van der Waals surface area contributed by atoms with Gasteiger partial charge in [0.15, 0.2) is 6.10 Å². The fourth-order valence-corrected chi connectivity index (χ4v) is 2.52. The van der Waals surface area contributed by atoms with Crippen LogP contribution in [0.15, 0.2) is 18.2 Å². The summed E-state index contributed by atoms with van der Waals surface area (Å²) in [6, 6.07) is 4.80. The largest absolute Gasteiger partial charge is 0.481 e. The second kappa shape index (κ2) is 8.36. The summed E-state index contributed by atoms with van der Waals surface area (Å²) in [6.07, 6.45) is 0.590. The summed E-state index contributed by atoms with van der Waals surface area (Å²) in [5, 5.41) is 13.9. The number of carboxylic acid groups (broad SMARTS) is 1. The molecule has 0 aliphatic carbocycles. The van der Waals surface area contributed by atoms with Gasteiger partial charge in [-0.25, -0.2) is 4.79 Å². The van der Waals surface area contributed by atoms with Crippen LogP contribution in [-0.2, 0) is 9.59 Å². The lowest BCUT2D eigenvalue weighted by Gasteiger charge is -2.15. The molecule has 2 rings (SSSR count). The molecule has 25 heavy (non-hydrogen) atoms. The first-order chi connectivity index (χ1) is 11.9. The number of anilines is 1. The number of urea groups is 1. The second-order valence-corrected chi connectivity index (χ2v) is 6.01. The highest BCUT2D eigenvalue weighted by molar-refractivity contribution is 5.90. The van der Waals surface area contributed by atoms with E-state index >= 15 is 0 Å². The van der Waals surface area contributed by atoms with E-state index in [1.165, 1.54) is 0 Å². The number of aryl methyl sites for hydroxylation is 1. The van der Waals surface area contributed by atoms with E-state index in [2.05, 4.69) is 10.6 Å². The topological polar surface area (TPSA) is 108 Å². The summed E-state index contributed by atoms with van der Waals surface area (Å²) in [7, 11) is 1.75. The summed E-state index contributed by atoms with van der Waals surface area (Å²) >= 11 is 0. The van der Waals surface area contributed by atoms with Crippen LogP contribution in [0, 0.1) is 6.92 Å². The molecule has 0 bridgehead atoms. The highest BCUT2D eigenvalue weighted by Crippen LogP contribution is 2.24. The Kier molecular flexibility index (Phi) is 6.21. The van der Waals surface area contributed by atoms with Crippen molar-refractivity contribution in [1.82, 2.24) is 10.2 Å². The van der Waals surface area contributed by atoms with Gasteiger partial charge in [-0.2, -0.15) is 0 Å². The molecule has 0 radical (unpaired) electrons. The van der Waals surface area contributed by atoms with Crippen LogP contribution in [-0.4, -0.2) is 54.2 Å². The van der Waals surface area contributed by atoms with Crippen LogP contribution < -0.4 is 15.4 Å². The van der Waals surface area contributed by atoms with Crippen molar-refractivity contribution in [1.29, 1.82) is 0 Å². The summed E-state index contributed by atoms with van der Waals surface area (Å²) in [5.41, 5.74) is 1.43. The third kappa shape index (κ3) is 5.37. The minimum atomic E-state index is -0.888. The van der Waals surface area contributed by atoms with Crippen LogP contribution in [0.5, 0.6) is 5.75 Å². The van der Waals surface area contributed by atoms with Crippen molar-refractivity contribution in [2.45, 2.75) is 32.3 Å². The van der Waals surface area contributed by atoms with Gasteiger partial charge >= 0.3 is 12.0 Å². The number of hydrogen-bond donors (Lipinski definition) is 3. The maximum Gasteiger partial charge on any atom is 0.319 e. The average molecular weight is 349 g/mol. The van der Waals surface area contributed by atoms with E-state index in [0.717, 1.165) is 5.56 Å². The molecule has 8 nitrogen and oxygen atoms in total. The van der Waals surface area contributed by atoms with E-state index in [0.29, 0.717) is 30.8 Å². The van der Waals surface area contributed by atoms with Gasteiger partial charge in [0.05, 0.1) is 0 Å². The predicted octanol–water partition coefficient (Wildman–Crippen LogP) is 1.59. The molecule has 1 saturated heterocycles. The maximum absolute atomic E-state index is 11.9. The first kappa shape index (κ1) is 18.6. The number of carboxylic acids is 1. The van der Waals surface area contributed by atoms with Crippen molar-refractivity contribution in [3.8, 4) is 5.75 Å². The Bertz CT molecular complexity index is 662. The Balaban J connectivity index is 1.85. The predicted molar refractivity (Wildman–Crippen MR) is 91.7 cm³/mol. The Morgan fingerprint density at radius 1 is 1.40 bits per heavy atom. The van der Waals surface area contributed by atoms with Crippen molar-refractivity contribution in [2.75, 3.05) is 25.5 Å². The molecule has 136 valence electrons. The highest BCUT2D eigenvalue weighted by atomic mass is 16.5. The Morgan fingerprint density at radius 3 is 2.76 bits per heavy atom. The third-order valence-electron chi connectivity index (χ3n) is 3.96. The highest BCUT2D eigenvalue weighted by Gasteiger charge is 2.30. The molecule has 1 aliphatic heterocycles. The van der Waals surface area contributed by atoms with Crippen LogP contribution in [0.3, 0.4) is 0 Å². The Hall–Kier alpha value is -2.77. The van der Waals surface area contributed by atoms with Gasteiger partial charge in [0.2, 0.25) is 0 Å². The molecule has 1 heterocycles. The molecule has 8 heteroatoms. The SMILES string of the molecule is Cc1cc(OC2CCN(C)C2=O)ccc1NC(=O)NCCCC(=O)O. The van der Waals surface area contributed by atoms with Gasteiger partial charge in [-0.3, -0.25) is 9.59 Å². The summed E-state index contributed by atoms with van der Waals surface area (Å²) in [4.78, 5) is 35.7. The lowest BCUT2D eigenvalue weighted by Crippen LogP contribution is -2.30. The molecule has 3 N–H and O–H groups in total. The minimum absolute atomic E-state index is 0.0143. The molecule has 0 spiro atoms. The lowest BCUT2D eigenvalue weighted by molar-refractivity contribution is -0.137. The molecule has 1 aliphatic rings. The number of amides is 3. The lowest BCUT2D eigenvalue weighted by atomic mass is 10.2. The first-order valence-electron chi connectivity index (χ1n) is 8.15. The normalized spacial score (nSPS) is 16.6. The van der Waals surface area contributed by atoms with Gasteiger partial charge in [0.25, 0.3) is 5.91 Å². The van der Waals surface area contributed by atoms with Gasteiger partial charge in [0, 0.05) is 38.7 Å². The number of likely N-dealkylation sites (N-methyl/N-ethyl adjacent to an activating group) is 1. The number of carbonyl (C=O) groups is 3. The number of nitrogens with one attached hydrogen (secondary N) is 2. The Labute approximate surface area is 146 Å². The Morgan fingerprint density at radius 2 is 2.16 bits per heavy atom. The number of hydrogen-bond acceptors (Lipinski definition) is 4. The first-order valence-corrected chi connectivity index (χ1v) is 8.15. The smallest absolute Gasteiger partial charge is 0.319 e. The second-order valence-electron chi connectivity index (χ2n) is 6.01. The number of carbonyl (C=O) groups excluding carboxylic acids is 2. The zero-order valence-corrected chi connectivity index (χ0v) is 14.4. The maximum atomic E-state index is 11.9. The van der Waals surface area contributed by atoms with Gasteiger partial charge in [0.1, 0.15) is 5.75 Å². The molecule has 1 fully saturated rings. The fourth-order valence-electron chi connectivity index (χ4n) is 2.52. The van der Waals surface area contributed by atoms with Crippen molar-refractivity contribution in [3.63, 3.8) is 0 Å². The summed E-state index contributed by atoms with van der Waals surface area (Å²) < 4.78 is 5.73. The molecule has 0 saturated carbocycles. The molecular weight excluding hydrogens is 326 g/mol. The third-order valence-corrected chi connectivity index (χ3v) is 3.96. The van der Waals surface area contributed by atoms with Crippen LogP contribution in [0.25, 0.3) is 0 Å². The van der Waals surface area contributed by atoms with E-state index in [-0.39, 0.29) is 18.9 Å². The number of benzene rings is 1. The van der Waals surface area contributed by atoms with E-state index in [1.807, 2.05) is 6.92 Å². The standard InChI is InChI=1S/C17H23N3O5/c1-11-10-12(25-14-7-9-20(2)16(14)23)5-6-13(11)19-17(24)18-8-3-4-15(21)22/h5-6,10,14H,3-4,7-9H2,1-2H3,(H,21,22)(H2,18,19,24). The zero-order valence-electron chi connectivity index (χ0n) is 14.4. The van der Waals surface area contributed by atoms with Crippen LogP contribution in [0.4, 0.5) is 10.5 Å². The molecule has 0 aromatic heterocycles. The molecule has 1 aromatic rings. The van der Waals surface area contributed by atoms with Crippen molar-refractivity contribution in [3.05, 3.63) is 23.8 Å². The summed E-state index contributed by atoms with van der Waals surface area (Å²) in [6.45, 7) is 2.80. The molecule has 1 atom stereocenters. The van der Waals surface area contributed by atoms with Gasteiger partial charge in [-0.1, -0.05) is 0 Å². The quantitative estimate of drug-likeness (QED) is 0.648. The molecule has 3 amide bonds. The van der Waals surface area contributed by atoms with Crippen LogP contribution in [0.2, 0.25) is 0 Å². The summed E-state index contributed by atoms with van der Waals surface area (Å²) in [5.74, 6) is -0.334. The fraction of sp³-hybridized carbons (Fsp3) is 0.471. The number of rotatable bonds is 7.